The van der Waals surface area contributed by atoms with Crippen LogP contribution in [-0.4, -0.2) is 38.0 Å². The van der Waals surface area contributed by atoms with Crippen LogP contribution in [0.5, 0.6) is 0 Å². The Balaban J connectivity index is 2.04. The van der Waals surface area contributed by atoms with Gasteiger partial charge in [0, 0.05) is 19.2 Å². The average molecular weight is 315 g/mol. The van der Waals surface area contributed by atoms with E-state index in [0.29, 0.717) is 36.4 Å². The van der Waals surface area contributed by atoms with Gasteiger partial charge in [-0.05, 0) is 26.0 Å². The van der Waals surface area contributed by atoms with E-state index >= 15 is 0 Å². The minimum Gasteiger partial charge on any atom is -0.396 e. The summed E-state index contributed by atoms with van der Waals surface area (Å²) in [6.07, 6.45) is 4.12. The van der Waals surface area contributed by atoms with E-state index in [0.717, 1.165) is 22.7 Å². The zero-order chi connectivity index (χ0) is 14.5. The Labute approximate surface area is 127 Å². The second-order valence-electron chi connectivity index (χ2n) is 4.58. The van der Waals surface area contributed by atoms with Gasteiger partial charge in [-0.25, -0.2) is 0 Å². The summed E-state index contributed by atoms with van der Waals surface area (Å²) in [6.45, 7) is 4.03. The van der Waals surface area contributed by atoms with E-state index in [-0.39, 0.29) is 5.91 Å². The van der Waals surface area contributed by atoms with Crippen molar-refractivity contribution in [2.45, 2.75) is 30.7 Å². The topological polar surface area (TPSA) is 76.4 Å². The number of carbonyl (C=O) groups is 1. The smallest absolute Gasteiger partial charge is 0.263 e. The third kappa shape index (κ3) is 3.80. The lowest BCUT2D eigenvalue weighted by molar-refractivity contribution is 0.0956. The second-order valence-corrected chi connectivity index (χ2v) is 6.42. The Morgan fingerprint density at radius 3 is 2.90 bits per heavy atom. The zero-order valence-corrected chi connectivity index (χ0v) is 13.5. The van der Waals surface area contributed by atoms with Crippen molar-refractivity contribution in [1.82, 2.24) is 5.32 Å². The van der Waals surface area contributed by atoms with Crippen molar-refractivity contribution in [2.24, 2.45) is 0 Å². The van der Waals surface area contributed by atoms with Gasteiger partial charge >= 0.3 is 0 Å². The Morgan fingerprint density at radius 1 is 1.55 bits per heavy atom. The maximum absolute atomic E-state index is 12.1. The average Bonchev–Trinajstić information content (AvgIpc) is 3.18. The Kier molecular flexibility index (Phi) is 5.56. The summed E-state index contributed by atoms with van der Waals surface area (Å²) in [7, 11) is 0. The van der Waals surface area contributed by atoms with Gasteiger partial charge in [-0.1, -0.05) is 0 Å². The molecule has 2 rings (SSSR count). The lowest BCUT2D eigenvalue weighted by Crippen LogP contribution is -2.25. The van der Waals surface area contributed by atoms with Crippen molar-refractivity contribution in [2.75, 3.05) is 37.1 Å². The minimum atomic E-state index is -0.0526. The standard InChI is InChI=1S/C13H21N3O2S2/c1-3-18-7-6-15-13-11(19-2)9(14)10(20-13)12(17)16-8-4-5-8/h8,15H,3-7,14H2,1-2H3,(H,16,17). The van der Waals surface area contributed by atoms with Crippen molar-refractivity contribution in [3.8, 4) is 0 Å². The summed E-state index contributed by atoms with van der Waals surface area (Å²) in [5.74, 6) is -0.0526. The van der Waals surface area contributed by atoms with Crippen LogP contribution in [0.25, 0.3) is 0 Å². The molecule has 1 aromatic heterocycles. The highest BCUT2D eigenvalue weighted by atomic mass is 32.2. The van der Waals surface area contributed by atoms with E-state index in [1.165, 1.54) is 11.3 Å². The van der Waals surface area contributed by atoms with Crippen LogP contribution in [0.2, 0.25) is 0 Å². The molecule has 1 aliphatic rings. The molecule has 0 aliphatic heterocycles. The lowest BCUT2D eigenvalue weighted by Gasteiger charge is -2.05. The number of carbonyl (C=O) groups excluding carboxylic acids is 1. The monoisotopic (exact) mass is 315 g/mol. The molecule has 1 saturated carbocycles. The predicted octanol–water partition coefficient (Wildman–Crippen LogP) is 2.39. The molecule has 0 atom stereocenters. The molecule has 5 nitrogen and oxygen atoms in total. The molecular formula is C13H21N3O2S2. The van der Waals surface area contributed by atoms with Gasteiger partial charge in [-0.15, -0.1) is 23.1 Å². The Bertz CT molecular complexity index is 472. The molecule has 1 aromatic rings. The quantitative estimate of drug-likeness (QED) is 0.507. The third-order valence-electron chi connectivity index (χ3n) is 2.96. The summed E-state index contributed by atoms with van der Waals surface area (Å²) in [4.78, 5) is 13.7. The van der Waals surface area contributed by atoms with Gasteiger partial charge in [0.1, 0.15) is 9.88 Å². The molecule has 1 fully saturated rings. The number of thiophene rings is 1. The van der Waals surface area contributed by atoms with E-state index in [1.54, 1.807) is 11.8 Å². The molecule has 20 heavy (non-hydrogen) atoms. The number of ether oxygens (including phenoxy) is 1. The molecule has 1 aliphatic carbocycles. The van der Waals surface area contributed by atoms with Gasteiger partial charge in [-0.2, -0.15) is 0 Å². The number of nitrogens with one attached hydrogen (secondary N) is 2. The van der Waals surface area contributed by atoms with Gasteiger partial charge in [-0.3, -0.25) is 4.79 Å². The zero-order valence-electron chi connectivity index (χ0n) is 11.8. The molecule has 0 saturated heterocycles. The highest BCUT2D eigenvalue weighted by Crippen LogP contribution is 2.41. The fourth-order valence-corrected chi connectivity index (χ4v) is 3.74. The highest BCUT2D eigenvalue weighted by molar-refractivity contribution is 7.99. The van der Waals surface area contributed by atoms with Crippen molar-refractivity contribution < 1.29 is 9.53 Å². The van der Waals surface area contributed by atoms with Crippen LogP contribution < -0.4 is 16.4 Å². The fraction of sp³-hybridized carbons (Fsp3) is 0.615. The predicted molar refractivity (Wildman–Crippen MR) is 86.0 cm³/mol. The van der Waals surface area contributed by atoms with Crippen molar-refractivity contribution in [1.29, 1.82) is 0 Å². The molecule has 4 N–H and O–H groups in total. The minimum absolute atomic E-state index is 0.0526. The van der Waals surface area contributed by atoms with Crippen LogP contribution >= 0.6 is 23.1 Å². The van der Waals surface area contributed by atoms with Gasteiger partial charge in [0.25, 0.3) is 5.91 Å². The van der Waals surface area contributed by atoms with Gasteiger partial charge in [0.2, 0.25) is 0 Å². The number of amides is 1. The summed E-state index contributed by atoms with van der Waals surface area (Å²) in [6, 6.07) is 0.344. The fourth-order valence-electron chi connectivity index (χ4n) is 1.78. The van der Waals surface area contributed by atoms with Crippen LogP contribution in [0, 0.1) is 0 Å². The molecule has 0 bridgehead atoms. The van der Waals surface area contributed by atoms with Gasteiger partial charge < -0.3 is 21.1 Å². The number of nitrogens with two attached hydrogens (primary N) is 1. The molecular weight excluding hydrogens is 294 g/mol. The van der Waals surface area contributed by atoms with Crippen LogP contribution in [-0.2, 0) is 4.74 Å². The molecule has 1 heterocycles. The number of hydrogen-bond donors (Lipinski definition) is 3. The van der Waals surface area contributed by atoms with E-state index in [4.69, 9.17) is 10.5 Å². The molecule has 0 radical (unpaired) electrons. The maximum Gasteiger partial charge on any atom is 0.263 e. The van der Waals surface area contributed by atoms with E-state index in [9.17, 15) is 4.79 Å². The Morgan fingerprint density at radius 2 is 2.30 bits per heavy atom. The molecule has 1 amide bonds. The summed E-state index contributed by atoms with van der Waals surface area (Å²) in [5.41, 5.74) is 6.68. The van der Waals surface area contributed by atoms with E-state index in [2.05, 4.69) is 10.6 Å². The largest absolute Gasteiger partial charge is 0.396 e. The first-order chi connectivity index (χ1) is 9.67. The normalized spacial score (nSPS) is 14.3. The van der Waals surface area contributed by atoms with Crippen LogP contribution in [0.4, 0.5) is 10.7 Å². The number of hydrogen-bond acceptors (Lipinski definition) is 6. The summed E-state index contributed by atoms with van der Waals surface area (Å²) >= 11 is 2.98. The molecule has 7 heteroatoms. The number of anilines is 2. The summed E-state index contributed by atoms with van der Waals surface area (Å²) < 4.78 is 5.30. The van der Waals surface area contributed by atoms with E-state index < -0.39 is 0 Å². The van der Waals surface area contributed by atoms with Gasteiger partial charge in [0.15, 0.2) is 0 Å². The van der Waals surface area contributed by atoms with Gasteiger partial charge in [0.05, 0.1) is 17.2 Å². The third-order valence-corrected chi connectivity index (χ3v) is 5.08. The first kappa shape index (κ1) is 15.5. The first-order valence-corrected chi connectivity index (χ1v) is 8.80. The van der Waals surface area contributed by atoms with Crippen molar-refractivity contribution >= 4 is 39.7 Å². The summed E-state index contributed by atoms with van der Waals surface area (Å²) in [5, 5.41) is 7.23. The van der Waals surface area contributed by atoms with Crippen LogP contribution in [0.3, 0.4) is 0 Å². The van der Waals surface area contributed by atoms with Crippen molar-refractivity contribution in [3.63, 3.8) is 0 Å². The maximum atomic E-state index is 12.1. The number of rotatable bonds is 8. The first-order valence-electron chi connectivity index (χ1n) is 6.76. The van der Waals surface area contributed by atoms with Crippen molar-refractivity contribution in [3.05, 3.63) is 4.88 Å². The second kappa shape index (κ2) is 7.19. The SMILES string of the molecule is CCOCCNc1sc(C(=O)NC2CC2)c(N)c1SC. The molecule has 112 valence electrons. The van der Waals surface area contributed by atoms with Crippen LogP contribution in [0.1, 0.15) is 29.4 Å². The molecule has 0 aromatic carbocycles. The highest BCUT2D eigenvalue weighted by Gasteiger charge is 2.27. The number of nitrogen functional groups attached to an aromatic ring is 1. The lowest BCUT2D eigenvalue weighted by atomic mass is 10.3. The molecule has 0 spiro atoms. The number of thioether (sulfide) groups is 1. The Hall–Kier alpha value is -0.920. The van der Waals surface area contributed by atoms with E-state index in [1.807, 2.05) is 13.2 Å². The molecule has 0 unspecified atom stereocenters. The van der Waals surface area contributed by atoms with Crippen LogP contribution in [0.15, 0.2) is 4.90 Å².